The molecule has 1 amide bonds. The molecule has 1 saturated heterocycles. The molecule has 0 saturated carbocycles. The predicted molar refractivity (Wildman–Crippen MR) is 141 cm³/mol. The van der Waals surface area contributed by atoms with Crippen LogP contribution in [0.5, 0.6) is 0 Å². The van der Waals surface area contributed by atoms with Crippen molar-refractivity contribution in [2.75, 3.05) is 31.5 Å². The molecule has 3 aromatic rings. The van der Waals surface area contributed by atoms with Gasteiger partial charge in [-0.1, -0.05) is 47.1 Å². The van der Waals surface area contributed by atoms with Crippen molar-refractivity contribution < 1.29 is 17.7 Å². The van der Waals surface area contributed by atoms with Gasteiger partial charge in [-0.3, -0.25) is 9.69 Å². The largest absolute Gasteiger partial charge is 0.338 e. The number of anilines is 1. The van der Waals surface area contributed by atoms with Gasteiger partial charge in [0.1, 0.15) is 0 Å². The molecule has 0 unspecified atom stereocenters. The van der Waals surface area contributed by atoms with Gasteiger partial charge in [0.05, 0.1) is 11.4 Å². The number of sulfonamides is 1. The van der Waals surface area contributed by atoms with E-state index in [2.05, 4.69) is 36.3 Å². The third-order valence-electron chi connectivity index (χ3n) is 6.33. The lowest BCUT2D eigenvalue weighted by molar-refractivity contribution is -0.121. The van der Waals surface area contributed by atoms with Crippen LogP contribution in [0.3, 0.4) is 0 Å². The van der Waals surface area contributed by atoms with Gasteiger partial charge in [-0.15, -0.1) is 0 Å². The fourth-order valence-electron chi connectivity index (χ4n) is 4.28. The summed E-state index contributed by atoms with van der Waals surface area (Å²) < 4.78 is 33.1. The summed E-state index contributed by atoms with van der Waals surface area (Å²) in [5.41, 5.74) is 1.47. The van der Waals surface area contributed by atoms with Crippen LogP contribution in [0.25, 0.3) is 11.4 Å². The molecule has 36 heavy (non-hydrogen) atoms. The van der Waals surface area contributed by atoms with Crippen molar-refractivity contribution in [3.8, 4) is 11.4 Å². The number of benzene rings is 2. The quantitative estimate of drug-likeness (QED) is 0.403. The van der Waals surface area contributed by atoms with Gasteiger partial charge in [0, 0.05) is 34.7 Å². The first kappa shape index (κ1) is 26.5. The molecule has 1 aliphatic rings. The summed E-state index contributed by atoms with van der Waals surface area (Å²) in [5, 5.41) is 7.01. The SMILES string of the molecule is CCN(CC)S(=O)(=O)c1ccc(NC(=O)C2CCN(Cc3nc(-c4cccc(Br)c4)no3)CC2)cc1. The van der Waals surface area contributed by atoms with Gasteiger partial charge in [0.15, 0.2) is 0 Å². The van der Waals surface area contributed by atoms with Crippen molar-refractivity contribution in [2.45, 2.75) is 38.1 Å². The highest BCUT2D eigenvalue weighted by atomic mass is 79.9. The van der Waals surface area contributed by atoms with Crippen molar-refractivity contribution in [1.29, 1.82) is 0 Å². The molecule has 2 aromatic carbocycles. The van der Waals surface area contributed by atoms with E-state index in [1.165, 1.54) is 4.31 Å². The van der Waals surface area contributed by atoms with Gasteiger partial charge in [0.25, 0.3) is 0 Å². The molecule has 1 aliphatic heterocycles. The molecule has 0 bridgehead atoms. The van der Waals surface area contributed by atoms with Gasteiger partial charge in [-0.2, -0.15) is 9.29 Å². The first-order valence-corrected chi connectivity index (χ1v) is 14.3. The molecule has 1 aromatic heterocycles. The van der Waals surface area contributed by atoms with Crippen LogP contribution in [0.1, 0.15) is 32.6 Å². The summed E-state index contributed by atoms with van der Waals surface area (Å²) in [5.74, 6) is 0.938. The molecule has 1 fully saturated rings. The Balaban J connectivity index is 1.28. The summed E-state index contributed by atoms with van der Waals surface area (Å²) in [6, 6.07) is 14.1. The molecule has 0 radical (unpaired) electrons. The van der Waals surface area contributed by atoms with Crippen LogP contribution in [-0.4, -0.2) is 59.8 Å². The van der Waals surface area contributed by atoms with Crippen molar-refractivity contribution in [3.05, 3.63) is 58.9 Å². The Hall–Kier alpha value is -2.60. The molecule has 1 N–H and O–H groups in total. The van der Waals surface area contributed by atoms with Crippen molar-refractivity contribution in [3.63, 3.8) is 0 Å². The first-order valence-electron chi connectivity index (χ1n) is 12.0. The number of amides is 1. The second-order valence-corrected chi connectivity index (χ2v) is 11.5. The summed E-state index contributed by atoms with van der Waals surface area (Å²) in [6.07, 6.45) is 1.43. The number of hydrogen-bond acceptors (Lipinski definition) is 7. The molecule has 0 atom stereocenters. The highest BCUT2D eigenvalue weighted by Crippen LogP contribution is 2.24. The monoisotopic (exact) mass is 575 g/mol. The minimum atomic E-state index is -3.52. The smallest absolute Gasteiger partial charge is 0.243 e. The van der Waals surface area contributed by atoms with Gasteiger partial charge in [-0.25, -0.2) is 8.42 Å². The van der Waals surface area contributed by atoms with E-state index in [4.69, 9.17) is 4.52 Å². The lowest BCUT2D eigenvalue weighted by Gasteiger charge is -2.30. The van der Waals surface area contributed by atoms with Gasteiger partial charge in [0.2, 0.25) is 27.6 Å². The maximum absolute atomic E-state index is 12.8. The van der Waals surface area contributed by atoms with Gasteiger partial charge in [-0.05, 0) is 62.3 Å². The standard InChI is InChI=1S/C25H30BrN5O4S/c1-3-31(4-2)36(33,34)22-10-8-21(9-11-22)27-25(32)18-12-14-30(15-13-18)17-23-28-24(29-35-23)19-6-5-7-20(26)16-19/h5-11,16,18H,3-4,12-15,17H2,1-2H3,(H,27,32). The molecular formula is C25H30BrN5O4S. The number of rotatable bonds is 9. The van der Waals surface area contributed by atoms with Crippen LogP contribution in [0, 0.1) is 5.92 Å². The lowest BCUT2D eigenvalue weighted by atomic mass is 9.96. The number of piperidine rings is 1. The highest BCUT2D eigenvalue weighted by molar-refractivity contribution is 9.10. The Labute approximate surface area is 220 Å². The summed E-state index contributed by atoms with van der Waals surface area (Å²) in [7, 11) is -3.52. The van der Waals surface area contributed by atoms with Crippen LogP contribution in [0.4, 0.5) is 5.69 Å². The maximum Gasteiger partial charge on any atom is 0.243 e. The maximum atomic E-state index is 12.8. The van der Waals surface area contributed by atoms with Crippen molar-refractivity contribution in [2.24, 2.45) is 5.92 Å². The Kier molecular flexibility index (Phi) is 8.55. The average molecular weight is 577 g/mol. The second kappa shape index (κ2) is 11.6. The lowest BCUT2D eigenvalue weighted by Crippen LogP contribution is -2.37. The van der Waals surface area contributed by atoms with E-state index >= 15 is 0 Å². The zero-order chi connectivity index (χ0) is 25.7. The number of likely N-dealkylation sites (tertiary alicyclic amines) is 1. The molecule has 192 valence electrons. The first-order chi connectivity index (χ1) is 17.3. The summed E-state index contributed by atoms with van der Waals surface area (Å²) >= 11 is 3.45. The molecule has 11 heteroatoms. The van der Waals surface area contributed by atoms with E-state index in [0.717, 1.165) is 23.1 Å². The molecule has 2 heterocycles. The van der Waals surface area contributed by atoms with Crippen molar-refractivity contribution >= 4 is 37.5 Å². The number of hydrogen-bond donors (Lipinski definition) is 1. The van der Waals surface area contributed by atoms with E-state index in [9.17, 15) is 13.2 Å². The number of halogens is 1. The second-order valence-electron chi connectivity index (χ2n) is 8.68. The van der Waals surface area contributed by atoms with Crippen LogP contribution >= 0.6 is 15.9 Å². The van der Waals surface area contributed by atoms with E-state index in [1.54, 1.807) is 24.3 Å². The Morgan fingerprint density at radius 2 is 1.83 bits per heavy atom. The molecular weight excluding hydrogens is 546 g/mol. The van der Waals surface area contributed by atoms with Crippen LogP contribution < -0.4 is 5.32 Å². The van der Waals surface area contributed by atoms with E-state index in [-0.39, 0.29) is 16.7 Å². The number of carbonyl (C=O) groups is 1. The Morgan fingerprint density at radius 1 is 1.14 bits per heavy atom. The molecule has 4 rings (SSSR count). The number of nitrogens with zero attached hydrogens (tertiary/aromatic N) is 4. The zero-order valence-corrected chi connectivity index (χ0v) is 22.8. The fourth-order valence-corrected chi connectivity index (χ4v) is 6.13. The van der Waals surface area contributed by atoms with E-state index < -0.39 is 10.0 Å². The summed E-state index contributed by atoms with van der Waals surface area (Å²) in [4.78, 5) is 19.7. The van der Waals surface area contributed by atoms with Crippen LogP contribution in [0.15, 0.2) is 62.4 Å². The Morgan fingerprint density at radius 3 is 2.47 bits per heavy atom. The van der Waals surface area contributed by atoms with Crippen LogP contribution in [0.2, 0.25) is 0 Å². The van der Waals surface area contributed by atoms with E-state index in [0.29, 0.717) is 49.9 Å². The van der Waals surface area contributed by atoms with Gasteiger partial charge < -0.3 is 9.84 Å². The van der Waals surface area contributed by atoms with Gasteiger partial charge >= 0.3 is 0 Å². The fraction of sp³-hybridized carbons (Fsp3) is 0.400. The topological polar surface area (TPSA) is 109 Å². The number of aromatic nitrogens is 2. The third-order valence-corrected chi connectivity index (χ3v) is 8.89. The van der Waals surface area contributed by atoms with E-state index in [1.807, 2.05) is 38.1 Å². The third kappa shape index (κ3) is 6.20. The zero-order valence-electron chi connectivity index (χ0n) is 20.4. The predicted octanol–water partition coefficient (Wildman–Crippen LogP) is 4.38. The minimum absolute atomic E-state index is 0.0521. The molecule has 0 spiro atoms. The molecule has 9 nitrogen and oxygen atoms in total. The highest BCUT2D eigenvalue weighted by Gasteiger charge is 2.27. The number of nitrogens with one attached hydrogen (secondary N) is 1. The van der Waals surface area contributed by atoms with Crippen molar-refractivity contribution in [1.82, 2.24) is 19.3 Å². The minimum Gasteiger partial charge on any atom is -0.338 e. The Bertz CT molecular complexity index is 1280. The molecule has 0 aliphatic carbocycles. The number of carbonyl (C=O) groups excluding carboxylic acids is 1. The summed E-state index contributed by atoms with van der Waals surface area (Å²) in [6.45, 7) is 6.47. The van der Waals surface area contributed by atoms with Crippen LogP contribution in [-0.2, 0) is 21.4 Å². The normalized spacial score (nSPS) is 15.3. The average Bonchev–Trinajstić information content (AvgIpc) is 3.34.